The zero-order valence-electron chi connectivity index (χ0n) is 23.3. The van der Waals surface area contributed by atoms with Crippen LogP contribution in [0.4, 0.5) is 11.4 Å². The molecule has 0 aliphatic heterocycles. The smallest absolute Gasteiger partial charge is 0.384 e. The van der Waals surface area contributed by atoms with E-state index in [0.29, 0.717) is 11.4 Å². The molecule has 0 bridgehead atoms. The first-order chi connectivity index (χ1) is 19.1. The molecule has 2 rings (SSSR count). The minimum atomic E-state index is -0.759. The van der Waals surface area contributed by atoms with Gasteiger partial charge < -0.3 is 44.6 Å². The summed E-state index contributed by atoms with van der Waals surface area (Å²) in [6.45, 7) is 0. The number of nitrogen functional groups attached to an aromatic ring is 1. The van der Waals surface area contributed by atoms with Crippen LogP contribution in [0, 0.1) is 11.8 Å². The van der Waals surface area contributed by atoms with Gasteiger partial charge in [-0.2, -0.15) is 0 Å². The molecule has 0 unspecified atom stereocenters. The number of hydrogen-bond acceptors (Lipinski definition) is 13. The van der Waals surface area contributed by atoms with Crippen molar-refractivity contribution >= 4 is 35.3 Å². The predicted octanol–water partition coefficient (Wildman–Crippen LogP) is 2.19. The summed E-state index contributed by atoms with van der Waals surface area (Å²) < 4.78 is 27.3. The van der Waals surface area contributed by atoms with Gasteiger partial charge in [0.2, 0.25) is 0 Å². The Labute approximate surface area is 240 Å². The van der Waals surface area contributed by atoms with Crippen LogP contribution in [-0.4, -0.2) is 78.8 Å². The summed E-state index contributed by atoms with van der Waals surface area (Å²) in [5.41, 5.74) is 6.74. The van der Waals surface area contributed by atoms with Crippen LogP contribution < -0.4 is 20.5 Å². The van der Waals surface area contributed by atoms with Crippen LogP contribution in [0.3, 0.4) is 0 Å². The molecule has 0 spiro atoms. The highest BCUT2D eigenvalue weighted by atomic mass is 16.5. The lowest BCUT2D eigenvalue weighted by Crippen LogP contribution is -2.15. The average Bonchev–Trinajstić information content (AvgIpc) is 3.00. The molecule has 0 atom stereocenters. The number of nitrogens with one attached hydrogen (secondary N) is 1. The van der Waals surface area contributed by atoms with Crippen molar-refractivity contribution in [1.29, 1.82) is 0 Å². The Balaban J connectivity index is -0.000000555. The van der Waals surface area contributed by atoms with E-state index >= 15 is 0 Å². The van der Waals surface area contributed by atoms with E-state index in [1.807, 2.05) is 30.0 Å². The zero-order valence-corrected chi connectivity index (χ0v) is 23.3. The summed E-state index contributed by atoms with van der Waals surface area (Å²) in [5, 5.41) is 9.78. The van der Waals surface area contributed by atoms with Gasteiger partial charge in [-0.3, -0.25) is 0 Å². The molecule has 0 aliphatic rings. The number of rotatable bonds is 6. The van der Waals surface area contributed by atoms with Crippen LogP contribution >= 0.6 is 0 Å². The van der Waals surface area contributed by atoms with Gasteiger partial charge in [-0.1, -0.05) is 19.6 Å². The highest BCUT2D eigenvalue weighted by Crippen LogP contribution is 2.18. The summed E-state index contributed by atoms with van der Waals surface area (Å²) in [7, 11) is 8.95. The molecule has 4 N–H and O–H groups in total. The van der Waals surface area contributed by atoms with Gasteiger partial charge in [-0.25, -0.2) is 19.2 Å². The summed E-state index contributed by atoms with van der Waals surface area (Å²) in [6, 6.07) is 14.2. The van der Waals surface area contributed by atoms with Crippen LogP contribution in [0.2, 0.25) is 0 Å². The van der Waals surface area contributed by atoms with Gasteiger partial charge in [0.05, 0.1) is 48.7 Å². The molecule has 13 heteroatoms. The molecule has 0 amide bonds. The molecular weight excluding hydrogens is 540 g/mol. The molecule has 0 fully saturated rings. The molecule has 226 valence electrons. The van der Waals surface area contributed by atoms with E-state index in [9.17, 15) is 19.2 Å². The van der Waals surface area contributed by atoms with Crippen molar-refractivity contribution in [1.82, 2.24) is 0 Å². The summed E-state index contributed by atoms with van der Waals surface area (Å²) >= 11 is 0. The number of aliphatic hydroxyl groups is 1. The van der Waals surface area contributed by atoms with E-state index in [0.717, 1.165) is 24.6 Å². The van der Waals surface area contributed by atoms with E-state index in [1.165, 1.54) is 35.5 Å². The van der Waals surface area contributed by atoms with Crippen molar-refractivity contribution in [3.8, 4) is 23.3 Å². The quantitative estimate of drug-likeness (QED) is 0.113. The highest BCUT2D eigenvalue weighted by molar-refractivity contribution is 5.99. The fourth-order valence-corrected chi connectivity index (χ4v) is 2.13. The number of esters is 4. The molecule has 0 saturated carbocycles. The number of carbonyl (C=O) groups excluding carboxylic acids is 4. The normalized spacial score (nSPS) is 8.73. The Bertz CT molecular complexity index is 1150. The van der Waals surface area contributed by atoms with E-state index in [4.69, 9.17) is 20.3 Å². The molecule has 0 heterocycles. The van der Waals surface area contributed by atoms with Gasteiger partial charge in [0.25, 0.3) is 0 Å². The molecule has 0 saturated heterocycles. The number of hydrogen-bond donors (Lipinski definition) is 3. The molecule has 13 nitrogen and oxygen atoms in total. The standard InChI is InChI=1S/C13H15NO5.C7H9NO.C6H6O4.CH4O.CH4/c1-17-10-6-4-5-9(7-10)14-11(13(16)19-3)8-12(15)18-2;1-9-7-4-2-3-6(8)5-7;1-9-5(7)3-4-6(8)10-2;1-2;/h4-8,14H,1-3H3;2-5H,8H2,1H3;1-2H3;2H,1H3;1H4/b11-8-;;;;. The van der Waals surface area contributed by atoms with Crippen molar-refractivity contribution in [3.05, 3.63) is 60.3 Å². The van der Waals surface area contributed by atoms with Gasteiger partial charge in [0, 0.05) is 42.5 Å². The lowest BCUT2D eigenvalue weighted by molar-refractivity contribution is -0.138. The highest BCUT2D eigenvalue weighted by Gasteiger charge is 2.12. The van der Waals surface area contributed by atoms with Gasteiger partial charge in [0.1, 0.15) is 17.2 Å². The second-order valence-corrected chi connectivity index (χ2v) is 6.44. The molecule has 0 radical (unpaired) electrons. The van der Waals surface area contributed by atoms with Gasteiger partial charge in [-0.15, -0.1) is 0 Å². The first-order valence-electron chi connectivity index (χ1n) is 10.9. The fraction of sp³-hybridized carbons (Fsp3) is 0.286. The maximum absolute atomic E-state index is 11.5. The Morgan fingerprint density at radius 3 is 1.63 bits per heavy atom. The van der Waals surface area contributed by atoms with Crippen LogP contribution in [-0.2, 0) is 38.1 Å². The lowest BCUT2D eigenvalue weighted by atomic mass is 10.2. The van der Waals surface area contributed by atoms with E-state index in [-0.39, 0.29) is 13.1 Å². The summed E-state index contributed by atoms with van der Waals surface area (Å²) in [5.74, 6) is 2.37. The summed E-state index contributed by atoms with van der Waals surface area (Å²) in [6.07, 6.45) is 1.02. The number of nitrogens with two attached hydrogens (primary N) is 1. The number of ether oxygens (including phenoxy) is 6. The van der Waals surface area contributed by atoms with E-state index in [1.54, 1.807) is 37.4 Å². The van der Waals surface area contributed by atoms with Crippen molar-refractivity contribution in [3.63, 3.8) is 0 Å². The largest absolute Gasteiger partial charge is 0.497 e. The number of aliphatic hydroxyl groups excluding tert-OH is 1. The van der Waals surface area contributed by atoms with E-state index < -0.39 is 23.9 Å². The first kappa shape index (κ1) is 40.3. The van der Waals surface area contributed by atoms with Crippen molar-refractivity contribution < 1.29 is 52.7 Å². The van der Waals surface area contributed by atoms with Crippen LogP contribution in [0.25, 0.3) is 0 Å². The number of carbonyl (C=O) groups is 4. The number of methoxy groups -OCH3 is 6. The van der Waals surface area contributed by atoms with Crippen LogP contribution in [0.1, 0.15) is 7.43 Å². The predicted molar refractivity (Wildman–Crippen MR) is 153 cm³/mol. The SMILES string of the molecule is C.CO.COC(=O)/C=C(\Nc1cccc(OC)c1)C(=O)OC.COC(=O)C#CC(=O)OC.COc1cccc(N)c1. The third kappa shape index (κ3) is 19.5. The molecule has 2 aromatic rings. The van der Waals surface area contributed by atoms with Crippen molar-refractivity contribution in [2.45, 2.75) is 7.43 Å². The second kappa shape index (κ2) is 25.1. The minimum Gasteiger partial charge on any atom is -0.497 e. The molecule has 0 aromatic heterocycles. The van der Waals surface area contributed by atoms with Gasteiger partial charge >= 0.3 is 23.9 Å². The average molecular weight is 579 g/mol. The Kier molecular flexibility index (Phi) is 24.6. The van der Waals surface area contributed by atoms with Gasteiger partial charge in [0.15, 0.2) is 0 Å². The van der Waals surface area contributed by atoms with Crippen molar-refractivity contribution in [2.75, 3.05) is 60.8 Å². The minimum absolute atomic E-state index is 0. The Morgan fingerprint density at radius 1 is 0.756 bits per heavy atom. The first-order valence-corrected chi connectivity index (χ1v) is 10.9. The van der Waals surface area contributed by atoms with Crippen molar-refractivity contribution in [2.24, 2.45) is 0 Å². The number of benzene rings is 2. The maximum atomic E-state index is 11.5. The zero-order chi connectivity index (χ0) is 30.9. The Hall–Kier alpha value is -5.22. The third-order valence-electron chi connectivity index (χ3n) is 3.95. The van der Waals surface area contributed by atoms with Gasteiger partial charge in [-0.05, 0) is 24.3 Å². The number of anilines is 2. The topological polar surface area (TPSA) is 182 Å². The Morgan fingerprint density at radius 2 is 1.24 bits per heavy atom. The maximum Gasteiger partial charge on any atom is 0.384 e. The fourth-order valence-electron chi connectivity index (χ4n) is 2.13. The molecule has 0 aliphatic carbocycles. The monoisotopic (exact) mass is 578 g/mol. The van der Waals surface area contributed by atoms with Crippen LogP contribution in [0.15, 0.2) is 60.3 Å². The summed E-state index contributed by atoms with van der Waals surface area (Å²) in [4.78, 5) is 43.2. The lowest BCUT2D eigenvalue weighted by Gasteiger charge is -2.10. The molecule has 41 heavy (non-hydrogen) atoms. The third-order valence-corrected chi connectivity index (χ3v) is 3.95. The molecular formula is C28H38N2O11. The van der Waals surface area contributed by atoms with Crippen LogP contribution in [0.5, 0.6) is 11.5 Å². The molecule has 2 aromatic carbocycles. The van der Waals surface area contributed by atoms with E-state index in [2.05, 4.69) is 24.3 Å². The second-order valence-electron chi connectivity index (χ2n) is 6.44.